The van der Waals surface area contributed by atoms with Crippen molar-refractivity contribution in [1.82, 2.24) is 3.93 Å². The van der Waals surface area contributed by atoms with Crippen molar-refractivity contribution in [2.45, 2.75) is 46.1 Å². The van der Waals surface area contributed by atoms with Gasteiger partial charge >= 0.3 is 23.1 Å². The molecule has 0 radical (unpaired) electrons. The normalized spacial score (nSPS) is 27.8. The zero-order valence-electron chi connectivity index (χ0n) is 7.95. The largest absolute Gasteiger partial charge is 0.316 e. The van der Waals surface area contributed by atoms with Crippen molar-refractivity contribution >= 4 is 39.2 Å². The summed E-state index contributed by atoms with van der Waals surface area (Å²) in [7, 11) is 0. The molecule has 12 heavy (non-hydrogen) atoms. The van der Waals surface area contributed by atoms with Crippen LogP contribution in [0.15, 0.2) is 0 Å². The zero-order valence-corrected chi connectivity index (χ0v) is 9.53. The summed E-state index contributed by atoms with van der Waals surface area (Å²) in [4.78, 5) is 0. The third-order valence-electron chi connectivity index (χ3n) is 3.42. The summed E-state index contributed by atoms with van der Waals surface area (Å²) in [6, 6.07) is 0. The molecule has 0 aliphatic carbocycles. The highest BCUT2D eigenvalue weighted by Gasteiger charge is 2.43. The first-order valence-electron chi connectivity index (χ1n) is 4.31. The van der Waals surface area contributed by atoms with E-state index in [2.05, 4.69) is 47.8 Å². The molecule has 1 aliphatic heterocycles. The third-order valence-corrected chi connectivity index (χ3v) is 4.66. The van der Waals surface area contributed by atoms with E-state index in [4.69, 9.17) is 0 Å². The maximum Gasteiger partial charge on any atom is 0.316 e. The van der Waals surface area contributed by atoms with Crippen LogP contribution in [0.4, 0.5) is 0 Å². The van der Waals surface area contributed by atoms with Gasteiger partial charge in [-0.15, -0.1) is 0 Å². The fraction of sp³-hybridized carbons (Fsp3) is 1.00. The second-order valence-corrected chi connectivity index (χ2v) is 5.49. The molecule has 0 saturated carbocycles. The Labute approximate surface area is 101 Å². The molecule has 1 saturated heterocycles. The molecule has 3 heteroatoms. The van der Waals surface area contributed by atoms with E-state index in [1.54, 1.807) is 0 Å². The van der Waals surface area contributed by atoms with Crippen molar-refractivity contribution in [3.8, 4) is 0 Å². The lowest BCUT2D eigenvalue weighted by atomic mass is 9.69. The van der Waals surface area contributed by atoms with E-state index in [0.717, 1.165) is 0 Å². The molecule has 0 bridgehead atoms. The number of piperidine rings is 1. The molecule has 70 valence electrons. The van der Waals surface area contributed by atoms with Gasteiger partial charge in [-0.05, 0) is 32.1 Å². The van der Waals surface area contributed by atoms with Gasteiger partial charge in [-0.2, -0.15) is 0 Å². The Morgan fingerprint density at radius 3 is 2.00 bits per heavy atom. The van der Waals surface area contributed by atoms with Crippen molar-refractivity contribution in [1.29, 1.82) is 0 Å². The Morgan fingerprint density at radius 1 is 1.17 bits per heavy atom. The summed E-state index contributed by atoms with van der Waals surface area (Å²) in [5.74, 6) is 0. The van der Waals surface area contributed by atoms with Crippen LogP contribution in [0.3, 0.4) is 0 Å². The molecule has 1 fully saturated rings. The Kier molecular flexibility index (Phi) is 4.57. The number of hydrogen-bond acceptors (Lipinski definition) is 1. The van der Waals surface area contributed by atoms with Crippen molar-refractivity contribution < 1.29 is 0 Å². The van der Waals surface area contributed by atoms with Crippen LogP contribution in [-0.2, 0) is 0 Å². The van der Waals surface area contributed by atoms with Gasteiger partial charge in [-0.3, -0.25) is 0 Å². The maximum absolute atomic E-state index is 3.62. The first-order chi connectivity index (χ1) is 4.88. The van der Waals surface area contributed by atoms with Gasteiger partial charge in [0.25, 0.3) is 0 Å². The Bertz CT molecular complexity index is 157. The molecule has 1 heterocycles. The Morgan fingerprint density at radius 2 is 1.67 bits per heavy atom. The number of nitrogens with zero attached hydrogens (tertiary/aromatic N) is 1. The SMILES string of the molecule is CC1(C)CCCN(Br)C1(C)C.[MgH2]. The minimum absolute atomic E-state index is 0. The zero-order chi connectivity index (χ0) is 8.70. The molecule has 1 nitrogen and oxygen atoms in total. The average molecular weight is 246 g/mol. The van der Waals surface area contributed by atoms with Crippen molar-refractivity contribution in [2.75, 3.05) is 6.54 Å². The number of hydrogen-bond donors (Lipinski definition) is 0. The van der Waals surface area contributed by atoms with E-state index in [-0.39, 0.29) is 28.6 Å². The van der Waals surface area contributed by atoms with Crippen LogP contribution in [0.1, 0.15) is 40.5 Å². The second kappa shape index (κ2) is 4.16. The van der Waals surface area contributed by atoms with Crippen LogP contribution >= 0.6 is 16.1 Å². The van der Waals surface area contributed by atoms with Crippen molar-refractivity contribution in [2.24, 2.45) is 5.41 Å². The predicted octanol–water partition coefficient (Wildman–Crippen LogP) is 2.28. The summed E-state index contributed by atoms with van der Waals surface area (Å²) in [5, 5.41) is 0. The van der Waals surface area contributed by atoms with Gasteiger partial charge in [0.05, 0.1) is 0 Å². The van der Waals surface area contributed by atoms with Gasteiger partial charge in [0.15, 0.2) is 0 Å². The molecule has 0 atom stereocenters. The Balaban J connectivity index is 0.00000121. The summed E-state index contributed by atoms with van der Waals surface area (Å²) in [5.41, 5.74) is 0.708. The van der Waals surface area contributed by atoms with E-state index < -0.39 is 0 Å². The quantitative estimate of drug-likeness (QED) is 0.468. The van der Waals surface area contributed by atoms with Crippen LogP contribution < -0.4 is 0 Å². The lowest BCUT2D eigenvalue weighted by molar-refractivity contribution is 0.0411. The van der Waals surface area contributed by atoms with Gasteiger partial charge in [-0.1, -0.05) is 13.8 Å². The molecule has 0 unspecified atom stereocenters. The summed E-state index contributed by atoms with van der Waals surface area (Å²) < 4.78 is 2.30. The maximum atomic E-state index is 3.62. The highest BCUT2D eigenvalue weighted by Crippen LogP contribution is 2.44. The van der Waals surface area contributed by atoms with Gasteiger partial charge in [0, 0.05) is 28.2 Å². The van der Waals surface area contributed by atoms with Gasteiger partial charge < -0.3 is 0 Å². The van der Waals surface area contributed by atoms with Crippen LogP contribution in [-0.4, -0.2) is 39.1 Å². The molecule has 0 N–H and O–H groups in total. The topological polar surface area (TPSA) is 3.24 Å². The van der Waals surface area contributed by atoms with E-state index >= 15 is 0 Å². The minimum Gasteiger partial charge on any atom is -0.236 e. The monoisotopic (exact) mass is 245 g/mol. The van der Waals surface area contributed by atoms with Crippen LogP contribution in [0.5, 0.6) is 0 Å². The van der Waals surface area contributed by atoms with Gasteiger partial charge in [0.2, 0.25) is 0 Å². The van der Waals surface area contributed by atoms with E-state index in [1.165, 1.54) is 19.4 Å². The van der Waals surface area contributed by atoms with Crippen LogP contribution in [0.2, 0.25) is 0 Å². The lowest BCUT2D eigenvalue weighted by Gasteiger charge is -2.50. The van der Waals surface area contributed by atoms with Crippen molar-refractivity contribution in [3.05, 3.63) is 0 Å². The minimum atomic E-state index is 0. The molecule has 1 aliphatic rings. The standard InChI is InChI=1S/C9H18BrN.Mg.2H/c1-8(2)6-5-7-11(10)9(8,3)4;;;/h5-7H2,1-4H3;;;. The third kappa shape index (κ3) is 2.17. The van der Waals surface area contributed by atoms with E-state index in [1.807, 2.05) is 0 Å². The van der Waals surface area contributed by atoms with Gasteiger partial charge in [0.1, 0.15) is 0 Å². The first-order valence-corrected chi connectivity index (χ1v) is 5.02. The highest BCUT2D eigenvalue weighted by atomic mass is 79.9. The molecular weight excluding hydrogens is 226 g/mol. The van der Waals surface area contributed by atoms with Gasteiger partial charge in [-0.25, -0.2) is 3.93 Å². The van der Waals surface area contributed by atoms with Crippen LogP contribution in [0.25, 0.3) is 0 Å². The fourth-order valence-electron chi connectivity index (χ4n) is 1.57. The van der Waals surface area contributed by atoms with E-state index in [9.17, 15) is 0 Å². The molecule has 1 rings (SSSR count). The molecule has 0 aromatic carbocycles. The van der Waals surface area contributed by atoms with E-state index in [0.29, 0.717) is 5.41 Å². The molecule has 0 spiro atoms. The van der Waals surface area contributed by atoms with Crippen molar-refractivity contribution in [3.63, 3.8) is 0 Å². The lowest BCUT2D eigenvalue weighted by Crippen LogP contribution is -2.53. The molecule has 0 amide bonds. The summed E-state index contributed by atoms with van der Waals surface area (Å²) in [6.07, 6.45) is 2.64. The Hall–Kier alpha value is 1.21. The average Bonchev–Trinajstić information content (AvgIpc) is 1.84. The first kappa shape index (κ1) is 13.2. The predicted molar refractivity (Wildman–Crippen MR) is 61.3 cm³/mol. The number of halogens is 1. The molecule has 0 aromatic rings. The fourth-order valence-corrected chi connectivity index (χ4v) is 2.30. The highest BCUT2D eigenvalue weighted by molar-refractivity contribution is 9.07. The molecule has 0 aromatic heterocycles. The summed E-state index contributed by atoms with van der Waals surface area (Å²) >= 11 is 3.62. The number of rotatable bonds is 0. The molecular formula is C9H20BrMgN. The second-order valence-electron chi connectivity index (χ2n) is 4.63. The smallest absolute Gasteiger partial charge is 0.236 e. The van der Waals surface area contributed by atoms with Crippen LogP contribution in [0, 0.1) is 5.41 Å². The summed E-state index contributed by atoms with van der Waals surface area (Å²) in [6.45, 7) is 10.5.